The average Bonchev–Trinajstić information content (AvgIpc) is 3.08. The highest BCUT2D eigenvalue weighted by Gasteiger charge is 2.20. The van der Waals surface area contributed by atoms with E-state index in [1.165, 1.54) is 19.2 Å². The second-order valence-electron chi connectivity index (χ2n) is 6.80. The van der Waals surface area contributed by atoms with Gasteiger partial charge in [0.05, 0.1) is 34.5 Å². The zero-order valence-corrected chi connectivity index (χ0v) is 17.9. The number of nitro groups is 1. The van der Waals surface area contributed by atoms with Crippen molar-refractivity contribution >= 4 is 40.4 Å². The van der Waals surface area contributed by atoms with Crippen molar-refractivity contribution in [3.63, 3.8) is 0 Å². The highest BCUT2D eigenvalue weighted by Crippen LogP contribution is 2.33. The molecule has 0 aliphatic rings. The van der Waals surface area contributed by atoms with Crippen molar-refractivity contribution in [2.75, 3.05) is 12.9 Å². The molecule has 0 bridgehead atoms. The van der Waals surface area contributed by atoms with Gasteiger partial charge in [0.2, 0.25) is 5.91 Å². The Balaban J connectivity index is 1.96. The summed E-state index contributed by atoms with van der Waals surface area (Å²) in [5, 5.41) is 16.4. The number of methoxy groups -OCH3 is 1. The third-order valence-corrected chi connectivity index (χ3v) is 5.09. The topological polar surface area (TPSA) is 128 Å². The molecule has 11 heteroatoms. The molecule has 3 amide bonds. The van der Waals surface area contributed by atoms with Crippen molar-refractivity contribution in [1.29, 1.82) is 0 Å². The first kappa shape index (κ1) is 22.1. The zero-order chi connectivity index (χ0) is 22.5. The Kier molecular flexibility index (Phi) is 6.75. The smallest absolute Gasteiger partial charge is 0.321 e. The van der Waals surface area contributed by atoms with Crippen LogP contribution in [0.15, 0.2) is 47.6 Å². The number of nitrogens with one attached hydrogen (secondary N) is 2. The molecule has 3 aromatic rings. The van der Waals surface area contributed by atoms with Crippen LogP contribution in [-0.2, 0) is 4.79 Å². The van der Waals surface area contributed by atoms with Crippen molar-refractivity contribution in [2.45, 2.75) is 25.0 Å². The van der Waals surface area contributed by atoms with E-state index in [0.29, 0.717) is 27.6 Å². The number of hydrogen-bond acceptors (Lipinski definition) is 7. The summed E-state index contributed by atoms with van der Waals surface area (Å²) < 4.78 is 7.22. The normalized spacial score (nSPS) is 10.8. The Bertz CT molecular complexity index is 1140. The van der Waals surface area contributed by atoms with Crippen molar-refractivity contribution in [1.82, 2.24) is 20.2 Å². The van der Waals surface area contributed by atoms with Crippen LogP contribution in [0.1, 0.15) is 13.8 Å². The number of carbonyl (C=O) groups is 2. The fourth-order valence-corrected chi connectivity index (χ4v) is 3.72. The van der Waals surface area contributed by atoms with Gasteiger partial charge in [-0.2, -0.15) is 0 Å². The molecular formula is C20H21N5O5S. The summed E-state index contributed by atoms with van der Waals surface area (Å²) in [6.07, 6.45) is 0. The summed E-state index contributed by atoms with van der Waals surface area (Å²) in [4.78, 5) is 39.1. The van der Waals surface area contributed by atoms with E-state index in [-0.39, 0.29) is 17.5 Å². The molecule has 1 heterocycles. The minimum Gasteiger partial charge on any atom is -0.495 e. The highest BCUT2D eigenvalue weighted by atomic mass is 32.2. The number of amides is 3. The van der Waals surface area contributed by atoms with E-state index in [0.717, 1.165) is 11.8 Å². The van der Waals surface area contributed by atoms with Gasteiger partial charge in [0.1, 0.15) is 5.75 Å². The summed E-state index contributed by atoms with van der Waals surface area (Å²) in [5.74, 6) is 0.00189. The van der Waals surface area contributed by atoms with Crippen LogP contribution >= 0.6 is 11.8 Å². The Morgan fingerprint density at radius 3 is 2.68 bits per heavy atom. The van der Waals surface area contributed by atoms with Crippen LogP contribution in [0.3, 0.4) is 0 Å². The van der Waals surface area contributed by atoms with Crippen molar-refractivity contribution in [2.24, 2.45) is 0 Å². The van der Waals surface area contributed by atoms with Gasteiger partial charge in [-0.25, -0.2) is 9.78 Å². The van der Waals surface area contributed by atoms with Gasteiger partial charge in [-0.15, -0.1) is 0 Å². The van der Waals surface area contributed by atoms with Crippen molar-refractivity contribution in [3.8, 4) is 11.4 Å². The lowest BCUT2D eigenvalue weighted by Gasteiger charge is -2.13. The number of urea groups is 1. The SMILES string of the molecule is COc1ccccc1-n1c(SCC(=O)NC(=O)NC(C)C)nc2cc([N+](=O)[O-])ccc21. The molecular weight excluding hydrogens is 422 g/mol. The minimum absolute atomic E-state index is 0.0773. The van der Waals surface area contributed by atoms with Crippen LogP contribution in [-0.4, -0.2) is 45.3 Å². The summed E-state index contributed by atoms with van der Waals surface area (Å²) >= 11 is 1.10. The Morgan fingerprint density at radius 1 is 1.26 bits per heavy atom. The largest absolute Gasteiger partial charge is 0.495 e. The third-order valence-electron chi connectivity index (χ3n) is 4.15. The van der Waals surface area contributed by atoms with Crippen LogP contribution in [0.4, 0.5) is 10.5 Å². The number of fused-ring (bicyclic) bond motifs is 1. The van der Waals surface area contributed by atoms with Crippen LogP contribution in [0.5, 0.6) is 5.75 Å². The number of carbonyl (C=O) groups excluding carboxylic acids is 2. The van der Waals surface area contributed by atoms with Gasteiger partial charge >= 0.3 is 6.03 Å². The first-order valence-electron chi connectivity index (χ1n) is 9.33. The summed E-state index contributed by atoms with van der Waals surface area (Å²) in [6.45, 7) is 3.57. The standard InChI is InChI=1S/C20H21N5O5S/c1-12(2)21-19(27)23-18(26)11-31-20-22-14-10-13(25(28)29)8-9-15(14)24(20)16-6-4-5-7-17(16)30-3/h4-10,12H,11H2,1-3H3,(H2,21,23,26,27). The molecule has 2 N–H and O–H groups in total. The minimum atomic E-state index is -0.575. The number of imide groups is 1. The molecule has 0 unspecified atom stereocenters. The van der Waals surface area contributed by atoms with Crippen molar-refractivity contribution in [3.05, 3.63) is 52.6 Å². The molecule has 0 spiro atoms. The van der Waals surface area contributed by atoms with Gasteiger partial charge < -0.3 is 10.1 Å². The van der Waals surface area contributed by atoms with Crippen LogP contribution in [0.2, 0.25) is 0 Å². The lowest BCUT2D eigenvalue weighted by molar-refractivity contribution is -0.384. The maximum Gasteiger partial charge on any atom is 0.321 e. The van der Waals surface area contributed by atoms with Crippen LogP contribution in [0.25, 0.3) is 16.7 Å². The zero-order valence-electron chi connectivity index (χ0n) is 17.1. The first-order valence-corrected chi connectivity index (χ1v) is 10.3. The number of para-hydroxylation sites is 2. The van der Waals surface area contributed by atoms with E-state index < -0.39 is 16.9 Å². The molecule has 0 radical (unpaired) electrons. The van der Waals surface area contributed by atoms with E-state index in [1.54, 1.807) is 30.5 Å². The quantitative estimate of drug-likeness (QED) is 0.326. The van der Waals surface area contributed by atoms with E-state index >= 15 is 0 Å². The fourth-order valence-electron chi connectivity index (χ4n) is 2.90. The highest BCUT2D eigenvalue weighted by molar-refractivity contribution is 7.99. The first-order chi connectivity index (χ1) is 14.8. The van der Waals surface area contributed by atoms with Crippen LogP contribution < -0.4 is 15.4 Å². The number of non-ortho nitro benzene ring substituents is 1. The third kappa shape index (κ3) is 5.12. The molecule has 3 rings (SSSR count). The molecule has 0 saturated carbocycles. The van der Waals surface area contributed by atoms with E-state index in [9.17, 15) is 19.7 Å². The van der Waals surface area contributed by atoms with Crippen molar-refractivity contribution < 1.29 is 19.2 Å². The number of ether oxygens (including phenoxy) is 1. The Morgan fingerprint density at radius 2 is 2.00 bits per heavy atom. The van der Waals surface area contributed by atoms with E-state index in [4.69, 9.17) is 4.74 Å². The second kappa shape index (κ2) is 9.47. The number of rotatable bonds is 7. The average molecular weight is 443 g/mol. The molecule has 0 saturated heterocycles. The molecule has 162 valence electrons. The number of nitro benzene ring substituents is 1. The van der Waals surface area contributed by atoms with Gasteiger partial charge in [0.25, 0.3) is 5.69 Å². The van der Waals surface area contributed by atoms with E-state index in [1.807, 2.05) is 18.2 Å². The molecule has 10 nitrogen and oxygen atoms in total. The van der Waals surface area contributed by atoms with Gasteiger partial charge in [0, 0.05) is 18.2 Å². The van der Waals surface area contributed by atoms with Gasteiger partial charge in [0.15, 0.2) is 5.16 Å². The maximum atomic E-state index is 12.2. The predicted octanol–water partition coefficient (Wildman–Crippen LogP) is 3.27. The number of thioether (sulfide) groups is 1. The van der Waals surface area contributed by atoms with Crippen LogP contribution in [0, 0.1) is 10.1 Å². The monoisotopic (exact) mass is 443 g/mol. The number of benzene rings is 2. The summed E-state index contributed by atoms with van der Waals surface area (Å²) in [6, 6.07) is 10.9. The van der Waals surface area contributed by atoms with E-state index in [2.05, 4.69) is 15.6 Å². The molecule has 0 aliphatic heterocycles. The molecule has 0 aliphatic carbocycles. The predicted molar refractivity (Wildman–Crippen MR) is 117 cm³/mol. The number of imidazole rings is 1. The maximum absolute atomic E-state index is 12.2. The summed E-state index contributed by atoms with van der Waals surface area (Å²) in [7, 11) is 1.54. The molecule has 2 aromatic carbocycles. The lowest BCUT2D eigenvalue weighted by atomic mass is 10.2. The second-order valence-corrected chi connectivity index (χ2v) is 7.74. The van der Waals surface area contributed by atoms with Gasteiger partial charge in [-0.05, 0) is 32.0 Å². The Labute approximate surface area is 182 Å². The lowest BCUT2D eigenvalue weighted by Crippen LogP contribution is -2.43. The number of hydrogen-bond donors (Lipinski definition) is 2. The molecule has 0 atom stereocenters. The van der Waals surface area contributed by atoms with Gasteiger partial charge in [-0.3, -0.25) is 24.8 Å². The summed E-state index contributed by atoms with van der Waals surface area (Å²) in [5.41, 5.74) is 1.61. The fraction of sp³-hybridized carbons (Fsp3) is 0.250. The molecule has 31 heavy (non-hydrogen) atoms. The molecule has 0 fully saturated rings. The number of nitrogens with zero attached hydrogens (tertiary/aromatic N) is 3. The number of aromatic nitrogens is 2. The Hall–Kier alpha value is -3.60. The van der Waals surface area contributed by atoms with Gasteiger partial charge in [-0.1, -0.05) is 23.9 Å². The molecule has 1 aromatic heterocycles.